The van der Waals surface area contributed by atoms with E-state index in [1.54, 1.807) is 19.5 Å². The number of nitrogens with two attached hydrogens (primary N) is 1. The van der Waals surface area contributed by atoms with Crippen LogP contribution < -0.4 is 5.73 Å². The molecule has 0 spiro atoms. The molecule has 0 aliphatic heterocycles. The standard InChI is InChI=1S/C13H18N4O/c1-13(2)10(6-11(13)18-3)17-9-4-5-15-7-8(9)16-12(17)14/h4-5,7,10-11H,6H2,1-3H3,(H2,14,16). The van der Waals surface area contributed by atoms with E-state index in [9.17, 15) is 0 Å². The number of anilines is 1. The van der Waals surface area contributed by atoms with E-state index in [2.05, 4.69) is 28.4 Å². The van der Waals surface area contributed by atoms with Gasteiger partial charge in [-0.15, -0.1) is 0 Å². The number of pyridine rings is 1. The summed E-state index contributed by atoms with van der Waals surface area (Å²) in [6.07, 6.45) is 4.78. The third kappa shape index (κ3) is 1.37. The van der Waals surface area contributed by atoms with Gasteiger partial charge in [0.25, 0.3) is 0 Å². The van der Waals surface area contributed by atoms with Crippen molar-refractivity contribution in [1.29, 1.82) is 0 Å². The maximum absolute atomic E-state index is 6.05. The Balaban J connectivity index is 2.08. The average molecular weight is 246 g/mol. The number of ether oxygens (including phenoxy) is 1. The monoisotopic (exact) mass is 246 g/mol. The maximum Gasteiger partial charge on any atom is 0.201 e. The lowest BCUT2D eigenvalue weighted by Gasteiger charge is -2.51. The van der Waals surface area contributed by atoms with E-state index in [4.69, 9.17) is 10.5 Å². The lowest BCUT2D eigenvalue weighted by molar-refractivity contribution is -0.110. The fourth-order valence-electron chi connectivity index (χ4n) is 3.00. The van der Waals surface area contributed by atoms with E-state index < -0.39 is 0 Å². The summed E-state index contributed by atoms with van der Waals surface area (Å²) in [5.74, 6) is 0.561. The van der Waals surface area contributed by atoms with Crippen molar-refractivity contribution in [3.63, 3.8) is 0 Å². The van der Waals surface area contributed by atoms with E-state index >= 15 is 0 Å². The van der Waals surface area contributed by atoms with Gasteiger partial charge in [0.15, 0.2) is 0 Å². The zero-order chi connectivity index (χ0) is 12.9. The number of aromatic nitrogens is 3. The van der Waals surface area contributed by atoms with Crippen molar-refractivity contribution >= 4 is 17.0 Å². The van der Waals surface area contributed by atoms with Gasteiger partial charge in [0.05, 0.1) is 17.8 Å². The van der Waals surface area contributed by atoms with Gasteiger partial charge in [0.2, 0.25) is 5.95 Å². The summed E-state index contributed by atoms with van der Waals surface area (Å²) in [5, 5.41) is 0. The molecule has 5 nitrogen and oxygen atoms in total. The first-order chi connectivity index (χ1) is 8.55. The lowest BCUT2D eigenvalue weighted by atomic mass is 9.64. The molecule has 0 amide bonds. The number of methoxy groups -OCH3 is 1. The molecule has 96 valence electrons. The number of nitrogens with zero attached hydrogens (tertiary/aromatic N) is 3. The Hall–Kier alpha value is -1.62. The van der Waals surface area contributed by atoms with Crippen LogP contribution in [0, 0.1) is 5.41 Å². The van der Waals surface area contributed by atoms with Crippen molar-refractivity contribution in [2.24, 2.45) is 5.41 Å². The first-order valence-corrected chi connectivity index (χ1v) is 6.16. The summed E-state index contributed by atoms with van der Waals surface area (Å²) in [4.78, 5) is 8.45. The molecule has 2 unspecified atom stereocenters. The van der Waals surface area contributed by atoms with E-state index in [1.807, 2.05) is 6.07 Å². The molecule has 3 rings (SSSR count). The van der Waals surface area contributed by atoms with E-state index in [1.165, 1.54) is 0 Å². The second kappa shape index (κ2) is 3.68. The highest BCUT2D eigenvalue weighted by Gasteiger charge is 2.50. The molecule has 1 aliphatic carbocycles. The topological polar surface area (TPSA) is 66.0 Å². The Bertz CT molecular complexity index is 590. The molecule has 1 aliphatic rings. The molecular formula is C13H18N4O. The van der Waals surface area contributed by atoms with Gasteiger partial charge in [-0.05, 0) is 12.5 Å². The van der Waals surface area contributed by atoms with Gasteiger partial charge in [0.1, 0.15) is 5.52 Å². The zero-order valence-corrected chi connectivity index (χ0v) is 10.9. The molecular weight excluding hydrogens is 228 g/mol. The van der Waals surface area contributed by atoms with Crippen LogP contribution >= 0.6 is 0 Å². The summed E-state index contributed by atoms with van der Waals surface area (Å²) >= 11 is 0. The number of hydrogen-bond donors (Lipinski definition) is 1. The average Bonchev–Trinajstić information content (AvgIpc) is 2.65. The van der Waals surface area contributed by atoms with Gasteiger partial charge in [-0.3, -0.25) is 4.98 Å². The van der Waals surface area contributed by atoms with Gasteiger partial charge in [-0.1, -0.05) is 13.8 Å². The molecule has 5 heteroatoms. The summed E-state index contributed by atoms with van der Waals surface area (Å²) in [7, 11) is 1.77. The minimum absolute atomic E-state index is 0.0692. The second-order valence-electron chi connectivity index (χ2n) is 5.50. The third-order valence-corrected chi connectivity index (χ3v) is 4.24. The smallest absolute Gasteiger partial charge is 0.201 e. The zero-order valence-electron chi connectivity index (χ0n) is 10.9. The molecule has 2 N–H and O–H groups in total. The first-order valence-electron chi connectivity index (χ1n) is 6.16. The molecule has 2 aromatic rings. The number of rotatable bonds is 2. The van der Waals surface area contributed by atoms with Crippen LogP contribution in [0.15, 0.2) is 18.5 Å². The van der Waals surface area contributed by atoms with Crippen molar-refractivity contribution in [3.8, 4) is 0 Å². The molecule has 0 aromatic carbocycles. The largest absolute Gasteiger partial charge is 0.381 e. The van der Waals surface area contributed by atoms with Crippen LogP contribution in [0.5, 0.6) is 0 Å². The maximum atomic E-state index is 6.05. The van der Waals surface area contributed by atoms with Crippen LogP contribution in [0.3, 0.4) is 0 Å². The highest BCUT2D eigenvalue weighted by Crippen LogP contribution is 2.52. The van der Waals surface area contributed by atoms with Crippen molar-refractivity contribution in [2.45, 2.75) is 32.4 Å². The highest BCUT2D eigenvalue weighted by atomic mass is 16.5. The minimum atomic E-state index is 0.0692. The van der Waals surface area contributed by atoms with Crippen molar-refractivity contribution in [1.82, 2.24) is 14.5 Å². The predicted octanol–water partition coefficient (Wildman–Crippen LogP) is 2.00. The van der Waals surface area contributed by atoms with Crippen LogP contribution in [-0.2, 0) is 4.74 Å². The SMILES string of the molecule is COC1CC(n2c(N)nc3cnccc32)C1(C)C. The van der Waals surface area contributed by atoms with Gasteiger partial charge in [-0.2, -0.15) is 0 Å². The van der Waals surface area contributed by atoms with Crippen LogP contribution in [-0.4, -0.2) is 27.7 Å². The Labute approximate surface area is 106 Å². The number of nitrogen functional groups attached to an aromatic ring is 1. The molecule has 0 saturated heterocycles. The van der Waals surface area contributed by atoms with Gasteiger partial charge < -0.3 is 15.0 Å². The van der Waals surface area contributed by atoms with E-state index in [0.29, 0.717) is 12.0 Å². The first kappa shape index (κ1) is 11.5. The molecule has 2 atom stereocenters. The third-order valence-electron chi connectivity index (χ3n) is 4.24. The van der Waals surface area contributed by atoms with Crippen molar-refractivity contribution < 1.29 is 4.74 Å². The summed E-state index contributed by atoms with van der Waals surface area (Å²) in [5.41, 5.74) is 8.03. The van der Waals surface area contributed by atoms with Crippen LogP contribution in [0.4, 0.5) is 5.95 Å². The molecule has 2 aromatic heterocycles. The Morgan fingerprint density at radius 3 is 2.94 bits per heavy atom. The quantitative estimate of drug-likeness (QED) is 0.880. The normalized spacial score (nSPS) is 26.2. The van der Waals surface area contributed by atoms with Crippen LogP contribution in [0.25, 0.3) is 11.0 Å². The molecule has 0 radical (unpaired) electrons. The Kier molecular flexibility index (Phi) is 2.35. The molecule has 2 heterocycles. The minimum Gasteiger partial charge on any atom is -0.381 e. The second-order valence-corrected chi connectivity index (χ2v) is 5.50. The number of imidazole rings is 1. The summed E-state index contributed by atoms with van der Waals surface area (Å²) < 4.78 is 7.61. The molecule has 18 heavy (non-hydrogen) atoms. The fourth-order valence-corrected chi connectivity index (χ4v) is 3.00. The van der Waals surface area contributed by atoms with Gasteiger partial charge in [-0.25, -0.2) is 4.98 Å². The summed E-state index contributed by atoms with van der Waals surface area (Å²) in [6.45, 7) is 4.42. The van der Waals surface area contributed by atoms with Gasteiger partial charge in [0, 0.05) is 24.8 Å². The Morgan fingerprint density at radius 1 is 1.50 bits per heavy atom. The number of fused-ring (bicyclic) bond motifs is 1. The fraction of sp³-hybridized carbons (Fsp3) is 0.538. The van der Waals surface area contributed by atoms with Crippen LogP contribution in [0.2, 0.25) is 0 Å². The summed E-state index contributed by atoms with van der Waals surface area (Å²) in [6, 6.07) is 2.30. The van der Waals surface area contributed by atoms with E-state index in [0.717, 1.165) is 17.5 Å². The van der Waals surface area contributed by atoms with Crippen LogP contribution in [0.1, 0.15) is 26.3 Å². The van der Waals surface area contributed by atoms with Gasteiger partial charge >= 0.3 is 0 Å². The number of hydrogen-bond acceptors (Lipinski definition) is 4. The van der Waals surface area contributed by atoms with Crippen molar-refractivity contribution in [3.05, 3.63) is 18.5 Å². The van der Waals surface area contributed by atoms with E-state index in [-0.39, 0.29) is 11.5 Å². The molecule has 1 fully saturated rings. The predicted molar refractivity (Wildman–Crippen MR) is 70.2 cm³/mol. The molecule has 1 saturated carbocycles. The lowest BCUT2D eigenvalue weighted by Crippen LogP contribution is -2.51. The highest BCUT2D eigenvalue weighted by molar-refractivity contribution is 5.77. The molecule has 0 bridgehead atoms. The Morgan fingerprint density at radius 2 is 2.28 bits per heavy atom. The van der Waals surface area contributed by atoms with Crippen molar-refractivity contribution in [2.75, 3.05) is 12.8 Å².